The van der Waals surface area contributed by atoms with Gasteiger partial charge in [0.1, 0.15) is 5.75 Å². The fraction of sp³-hybridized carbons (Fsp3) is 0.394. The van der Waals surface area contributed by atoms with Crippen LogP contribution in [0.5, 0.6) is 5.75 Å². The first-order chi connectivity index (χ1) is 19.1. The summed E-state index contributed by atoms with van der Waals surface area (Å²) in [6.45, 7) is 8.29. The summed E-state index contributed by atoms with van der Waals surface area (Å²) in [6, 6.07) is 23.5. The summed E-state index contributed by atoms with van der Waals surface area (Å²) in [4.78, 5) is 28.0. The molecule has 3 aromatic carbocycles. The Morgan fingerprint density at radius 2 is 1.82 bits per heavy atom. The Bertz CT molecular complexity index is 1400. The molecule has 1 spiro atoms. The van der Waals surface area contributed by atoms with Crippen LogP contribution in [-0.2, 0) is 31.9 Å². The molecular formula is C33H38N2O5. The van der Waals surface area contributed by atoms with Crippen molar-refractivity contribution in [2.45, 2.75) is 57.8 Å². The molecule has 1 saturated heterocycles. The van der Waals surface area contributed by atoms with Crippen molar-refractivity contribution < 1.29 is 24.2 Å². The van der Waals surface area contributed by atoms with Gasteiger partial charge in [0.2, 0.25) is 5.91 Å². The van der Waals surface area contributed by atoms with E-state index in [1.165, 1.54) is 6.92 Å². The summed E-state index contributed by atoms with van der Waals surface area (Å²) in [5.41, 5.74) is 2.88. The molecule has 0 radical (unpaired) electrons. The SMILES string of the molecule is COc1ccc(C(C)(C)[C@H]2[C@H](CCO)O[C@@]3(C(=O)N(Cc4cccc(NC(C)=O)c4)c4ccccc43)[C@@H]2C)cc1. The van der Waals surface area contributed by atoms with E-state index >= 15 is 0 Å². The van der Waals surface area contributed by atoms with Gasteiger partial charge in [-0.1, -0.05) is 63.2 Å². The van der Waals surface area contributed by atoms with Gasteiger partial charge < -0.3 is 24.8 Å². The molecule has 2 aliphatic rings. The monoisotopic (exact) mass is 542 g/mol. The maximum absolute atomic E-state index is 14.6. The quantitative estimate of drug-likeness (QED) is 0.398. The summed E-state index contributed by atoms with van der Waals surface area (Å²) < 4.78 is 12.3. The van der Waals surface area contributed by atoms with Crippen LogP contribution >= 0.6 is 0 Å². The van der Waals surface area contributed by atoms with E-state index in [1.54, 1.807) is 12.0 Å². The number of aliphatic hydroxyl groups is 1. The highest BCUT2D eigenvalue weighted by atomic mass is 16.5. The van der Waals surface area contributed by atoms with Crippen LogP contribution in [0.2, 0.25) is 0 Å². The van der Waals surface area contributed by atoms with Gasteiger partial charge in [-0.15, -0.1) is 0 Å². The molecule has 0 aromatic heterocycles. The number of para-hydroxylation sites is 1. The Morgan fingerprint density at radius 3 is 2.50 bits per heavy atom. The third kappa shape index (κ3) is 4.57. The molecule has 7 heteroatoms. The lowest BCUT2D eigenvalue weighted by molar-refractivity contribution is -0.146. The molecule has 3 aromatic rings. The third-order valence-electron chi connectivity index (χ3n) is 8.74. The molecule has 2 amide bonds. The Balaban J connectivity index is 1.55. The molecule has 0 unspecified atom stereocenters. The van der Waals surface area contributed by atoms with Crippen LogP contribution in [-0.4, -0.2) is 36.7 Å². The first kappa shape index (κ1) is 27.9. The first-order valence-corrected chi connectivity index (χ1v) is 13.8. The van der Waals surface area contributed by atoms with Crippen LogP contribution in [0.15, 0.2) is 72.8 Å². The van der Waals surface area contributed by atoms with Crippen LogP contribution in [0, 0.1) is 11.8 Å². The Hall–Kier alpha value is -3.68. The number of hydrogen-bond donors (Lipinski definition) is 2. The molecule has 210 valence electrons. The molecule has 0 saturated carbocycles. The number of benzene rings is 3. The molecular weight excluding hydrogens is 504 g/mol. The molecule has 2 N–H and O–H groups in total. The smallest absolute Gasteiger partial charge is 0.264 e. The summed E-state index contributed by atoms with van der Waals surface area (Å²) in [6.07, 6.45) is 0.113. The van der Waals surface area contributed by atoms with Crippen LogP contribution in [0.25, 0.3) is 0 Å². The number of anilines is 2. The summed E-state index contributed by atoms with van der Waals surface area (Å²) >= 11 is 0. The third-order valence-corrected chi connectivity index (χ3v) is 8.74. The zero-order chi connectivity index (χ0) is 28.7. The van der Waals surface area contributed by atoms with Crippen molar-refractivity contribution in [3.63, 3.8) is 0 Å². The van der Waals surface area contributed by atoms with Crippen molar-refractivity contribution in [1.82, 2.24) is 0 Å². The second kappa shape index (κ2) is 10.7. The molecule has 5 rings (SSSR count). The van der Waals surface area contributed by atoms with E-state index in [0.29, 0.717) is 18.7 Å². The Kier molecular flexibility index (Phi) is 7.46. The standard InChI is InChI=1S/C33H38N2O5/c1-21-30(32(3,4)24-13-15-26(39-5)16-14-24)29(17-18-36)40-33(21)27-11-6-7-12-28(27)35(31(33)38)20-23-9-8-10-25(19-23)34-22(2)37/h6-16,19,21,29-30,36H,17-18,20H2,1-5H3,(H,34,37)/t21-,29+,30-,33+/m1/s1. The van der Waals surface area contributed by atoms with Gasteiger partial charge in [-0.05, 0) is 53.3 Å². The molecule has 40 heavy (non-hydrogen) atoms. The van der Waals surface area contributed by atoms with E-state index in [-0.39, 0.29) is 41.8 Å². The van der Waals surface area contributed by atoms with Crippen LogP contribution in [0.4, 0.5) is 11.4 Å². The normalized spacial score (nSPS) is 23.9. The zero-order valence-electron chi connectivity index (χ0n) is 23.8. The summed E-state index contributed by atoms with van der Waals surface area (Å²) in [5, 5.41) is 12.9. The lowest BCUT2D eigenvalue weighted by Gasteiger charge is -2.38. The van der Waals surface area contributed by atoms with Gasteiger partial charge in [0.05, 0.1) is 25.4 Å². The van der Waals surface area contributed by atoms with Gasteiger partial charge in [0, 0.05) is 36.6 Å². The number of rotatable bonds is 8. The predicted octanol–water partition coefficient (Wildman–Crippen LogP) is 5.41. The molecule has 0 bridgehead atoms. The number of carbonyl (C=O) groups is 2. The number of amides is 2. The number of fused-ring (bicyclic) bond motifs is 2. The van der Waals surface area contributed by atoms with Crippen LogP contribution in [0.3, 0.4) is 0 Å². The van der Waals surface area contributed by atoms with Crippen molar-refractivity contribution in [2.24, 2.45) is 11.8 Å². The topological polar surface area (TPSA) is 88.1 Å². The lowest BCUT2D eigenvalue weighted by atomic mass is 9.63. The number of nitrogens with zero attached hydrogens (tertiary/aromatic N) is 1. The van der Waals surface area contributed by atoms with Gasteiger partial charge >= 0.3 is 0 Å². The maximum Gasteiger partial charge on any atom is 0.264 e. The minimum absolute atomic E-state index is 0.0296. The highest BCUT2D eigenvalue weighted by molar-refractivity contribution is 6.07. The second-order valence-electron chi connectivity index (χ2n) is 11.5. The maximum atomic E-state index is 14.6. The zero-order valence-corrected chi connectivity index (χ0v) is 23.8. The minimum Gasteiger partial charge on any atom is -0.497 e. The highest BCUT2D eigenvalue weighted by Gasteiger charge is 2.65. The Labute approximate surface area is 236 Å². The van der Waals surface area contributed by atoms with Crippen molar-refractivity contribution in [3.8, 4) is 5.75 Å². The van der Waals surface area contributed by atoms with Crippen molar-refractivity contribution in [2.75, 3.05) is 23.9 Å². The van der Waals surface area contributed by atoms with E-state index in [4.69, 9.17) is 9.47 Å². The number of nitrogens with one attached hydrogen (secondary N) is 1. The average Bonchev–Trinajstić information content (AvgIpc) is 3.36. The van der Waals surface area contributed by atoms with Gasteiger partial charge in [-0.3, -0.25) is 9.59 Å². The molecule has 2 heterocycles. The van der Waals surface area contributed by atoms with Crippen LogP contribution < -0.4 is 15.0 Å². The minimum atomic E-state index is -1.17. The van der Waals surface area contributed by atoms with Gasteiger partial charge in [0.25, 0.3) is 5.91 Å². The molecule has 2 aliphatic heterocycles. The number of carbonyl (C=O) groups excluding carboxylic acids is 2. The van der Waals surface area contributed by atoms with Gasteiger partial charge in [-0.2, -0.15) is 0 Å². The number of hydrogen-bond acceptors (Lipinski definition) is 5. The van der Waals surface area contributed by atoms with Crippen LogP contribution in [0.1, 0.15) is 50.8 Å². The predicted molar refractivity (Wildman–Crippen MR) is 155 cm³/mol. The lowest BCUT2D eigenvalue weighted by Crippen LogP contribution is -2.45. The molecule has 1 fully saturated rings. The molecule has 7 nitrogen and oxygen atoms in total. The van der Waals surface area contributed by atoms with Crippen molar-refractivity contribution in [1.29, 1.82) is 0 Å². The number of ether oxygens (including phenoxy) is 2. The van der Waals surface area contributed by atoms with E-state index in [9.17, 15) is 14.7 Å². The van der Waals surface area contributed by atoms with Gasteiger partial charge in [0.15, 0.2) is 5.60 Å². The number of aliphatic hydroxyl groups excluding tert-OH is 1. The largest absolute Gasteiger partial charge is 0.497 e. The second-order valence-corrected chi connectivity index (χ2v) is 11.5. The van der Waals surface area contributed by atoms with E-state index in [1.807, 2.05) is 60.7 Å². The van der Waals surface area contributed by atoms with Crippen molar-refractivity contribution in [3.05, 3.63) is 89.5 Å². The van der Waals surface area contributed by atoms with Gasteiger partial charge in [-0.25, -0.2) is 0 Å². The van der Waals surface area contributed by atoms with E-state index in [2.05, 4.69) is 38.2 Å². The van der Waals surface area contributed by atoms with Crippen molar-refractivity contribution >= 4 is 23.2 Å². The van der Waals surface area contributed by atoms with E-state index in [0.717, 1.165) is 28.1 Å². The highest BCUT2D eigenvalue weighted by Crippen LogP contribution is 2.59. The summed E-state index contributed by atoms with van der Waals surface area (Å²) in [5.74, 6) is 0.324. The Morgan fingerprint density at radius 1 is 1.10 bits per heavy atom. The van der Waals surface area contributed by atoms with E-state index < -0.39 is 5.60 Å². The fourth-order valence-corrected chi connectivity index (χ4v) is 6.96. The summed E-state index contributed by atoms with van der Waals surface area (Å²) in [7, 11) is 1.65. The first-order valence-electron chi connectivity index (χ1n) is 13.8. The average molecular weight is 543 g/mol. The number of methoxy groups -OCH3 is 1. The fourth-order valence-electron chi connectivity index (χ4n) is 6.96. The molecule has 4 atom stereocenters. The molecule has 0 aliphatic carbocycles.